The van der Waals surface area contributed by atoms with E-state index in [1.165, 1.54) is 6.08 Å². The number of amides is 2. The van der Waals surface area contributed by atoms with Gasteiger partial charge in [-0.2, -0.15) is 0 Å². The summed E-state index contributed by atoms with van der Waals surface area (Å²) in [6.45, 7) is 3.36. The quantitative estimate of drug-likeness (QED) is 0.488. The largest absolute Gasteiger partial charge is 0.344 e. The third-order valence-corrected chi connectivity index (χ3v) is 1.90. The molecule has 4 nitrogen and oxygen atoms in total. The van der Waals surface area contributed by atoms with E-state index in [1.54, 1.807) is 0 Å². The number of hydrogen-bond acceptors (Lipinski definition) is 2. The van der Waals surface area contributed by atoms with E-state index in [4.69, 9.17) is 0 Å². The Kier molecular flexibility index (Phi) is 4.47. The lowest BCUT2D eigenvalue weighted by Gasteiger charge is -2.06. The van der Waals surface area contributed by atoms with Crippen LogP contribution in [0.4, 0.5) is 18.9 Å². The Morgan fingerprint density at radius 1 is 1.17 bits per heavy atom. The number of hydrogen-bond donors (Lipinski definition) is 2. The molecule has 0 aliphatic heterocycles. The topological polar surface area (TPSA) is 58.2 Å². The van der Waals surface area contributed by atoms with Crippen LogP contribution < -0.4 is 10.6 Å². The second-order valence-electron chi connectivity index (χ2n) is 3.18. The Hall–Kier alpha value is -2.31. The van der Waals surface area contributed by atoms with Gasteiger partial charge in [-0.3, -0.25) is 9.59 Å². The van der Waals surface area contributed by atoms with Gasteiger partial charge in [-0.1, -0.05) is 6.08 Å². The van der Waals surface area contributed by atoms with Gasteiger partial charge in [0.2, 0.25) is 0 Å². The molecule has 0 spiro atoms. The summed E-state index contributed by atoms with van der Waals surface area (Å²) in [7, 11) is 0. The van der Waals surface area contributed by atoms with E-state index in [0.29, 0.717) is 6.07 Å². The minimum Gasteiger partial charge on any atom is -0.344 e. The summed E-state index contributed by atoms with van der Waals surface area (Å²) in [5.74, 6) is -6.92. The molecule has 0 fully saturated rings. The van der Waals surface area contributed by atoms with E-state index in [-0.39, 0.29) is 6.54 Å². The summed E-state index contributed by atoms with van der Waals surface area (Å²) >= 11 is 0. The molecule has 0 bridgehead atoms. The van der Waals surface area contributed by atoms with Crippen molar-refractivity contribution in [3.05, 3.63) is 42.2 Å². The monoisotopic (exact) mass is 258 g/mol. The first-order chi connectivity index (χ1) is 8.47. The fraction of sp³-hybridized carbons (Fsp3) is 0.0909. The van der Waals surface area contributed by atoms with Crippen molar-refractivity contribution in [2.24, 2.45) is 0 Å². The van der Waals surface area contributed by atoms with E-state index in [9.17, 15) is 22.8 Å². The van der Waals surface area contributed by atoms with Crippen LogP contribution in [-0.4, -0.2) is 18.4 Å². The minimum atomic E-state index is -1.72. The molecule has 1 aromatic carbocycles. The average molecular weight is 258 g/mol. The molecule has 0 radical (unpaired) electrons. The lowest BCUT2D eigenvalue weighted by Crippen LogP contribution is -2.35. The molecule has 0 aliphatic rings. The van der Waals surface area contributed by atoms with E-state index < -0.39 is 35.0 Å². The molecule has 0 unspecified atom stereocenters. The van der Waals surface area contributed by atoms with Gasteiger partial charge in [0.05, 0.1) is 5.69 Å². The lowest BCUT2D eigenvalue weighted by atomic mass is 10.2. The third kappa shape index (κ3) is 3.09. The fourth-order valence-electron chi connectivity index (χ4n) is 1.05. The predicted octanol–water partition coefficient (Wildman–Crippen LogP) is 1.34. The first kappa shape index (κ1) is 13.8. The maximum absolute atomic E-state index is 13.2. The standard InChI is InChI=1S/C11H9F3N2O2/c1-2-5-15-10(17)11(18)16-7-4-3-6(12)8(13)9(7)14/h2-4H,1,5H2,(H,15,17)(H,16,18). The predicted molar refractivity (Wildman–Crippen MR) is 58.2 cm³/mol. The average Bonchev–Trinajstić information content (AvgIpc) is 2.36. The molecule has 0 atom stereocenters. The van der Waals surface area contributed by atoms with Crippen molar-refractivity contribution in [2.75, 3.05) is 11.9 Å². The van der Waals surface area contributed by atoms with E-state index >= 15 is 0 Å². The number of rotatable bonds is 3. The zero-order chi connectivity index (χ0) is 13.7. The normalized spacial score (nSPS) is 9.72. The van der Waals surface area contributed by atoms with Crippen LogP contribution >= 0.6 is 0 Å². The molecule has 0 saturated carbocycles. The van der Waals surface area contributed by atoms with Crippen molar-refractivity contribution >= 4 is 17.5 Å². The van der Waals surface area contributed by atoms with E-state index in [0.717, 1.165) is 6.07 Å². The van der Waals surface area contributed by atoms with Crippen LogP contribution in [-0.2, 0) is 9.59 Å². The Bertz CT molecular complexity index is 503. The minimum absolute atomic E-state index is 0.0481. The molecule has 0 aromatic heterocycles. The maximum Gasteiger partial charge on any atom is 0.313 e. The highest BCUT2D eigenvalue weighted by atomic mass is 19.2. The molecular weight excluding hydrogens is 249 g/mol. The van der Waals surface area contributed by atoms with E-state index in [1.807, 2.05) is 5.32 Å². The van der Waals surface area contributed by atoms with Gasteiger partial charge in [0.15, 0.2) is 17.5 Å². The molecule has 1 rings (SSSR count). The third-order valence-electron chi connectivity index (χ3n) is 1.90. The van der Waals surface area contributed by atoms with Crippen LogP contribution in [0.5, 0.6) is 0 Å². The Morgan fingerprint density at radius 3 is 2.44 bits per heavy atom. The molecule has 0 aliphatic carbocycles. The van der Waals surface area contributed by atoms with Crippen molar-refractivity contribution in [1.82, 2.24) is 5.32 Å². The zero-order valence-corrected chi connectivity index (χ0v) is 9.10. The molecule has 2 N–H and O–H groups in total. The smallest absolute Gasteiger partial charge is 0.313 e. The first-order valence-electron chi connectivity index (χ1n) is 4.81. The number of carbonyl (C=O) groups is 2. The van der Waals surface area contributed by atoms with Gasteiger partial charge in [-0.25, -0.2) is 13.2 Å². The van der Waals surface area contributed by atoms with Crippen LogP contribution in [0.15, 0.2) is 24.8 Å². The Morgan fingerprint density at radius 2 is 1.83 bits per heavy atom. The lowest BCUT2D eigenvalue weighted by molar-refractivity contribution is -0.136. The van der Waals surface area contributed by atoms with Gasteiger partial charge >= 0.3 is 11.8 Å². The summed E-state index contributed by atoms with van der Waals surface area (Å²) in [6.07, 6.45) is 1.34. The van der Waals surface area contributed by atoms with Gasteiger partial charge < -0.3 is 10.6 Å². The van der Waals surface area contributed by atoms with Crippen LogP contribution in [0.2, 0.25) is 0 Å². The fourth-order valence-corrected chi connectivity index (χ4v) is 1.05. The van der Waals surface area contributed by atoms with Gasteiger partial charge in [0.1, 0.15) is 0 Å². The van der Waals surface area contributed by atoms with Gasteiger partial charge in [0.25, 0.3) is 0 Å². The summed E-state index contributed by atoms with van der Waals surface area (Å²) in [5.41, 5.74) is -0.618. The Balaban J connectivity index is 2.79. The maximum atomic E-state index is 13.2. The summed E-state index contributed by atoms with van der Waals surface area (Å²) in [4.78, 5) is 22.3. The zero-order valence-electron chi connectivity index (χ0n) is 9.10. The highest BCUT2D eigenvalue weighted by Gasteiger charge is 2.18. The second kappa shape index (κ2) is 5.85. The molecular formula is C11H9F3N2O2. The molecule has 0 heterocycles. The molecule has 96 valence electrons. The van der Waals surface area contributed by atoms with Crippen LogP contribution in [0.1, 0.15) is 0 Å². The number of benzene rings is 1. The van der Waals surface area contributed by atoms with Crippen LogP contribution in [0.25, 0.3) is 0 Å². The van der Waals surface area contributed by atoms with Crippen molar-refractivity contribution < 1.29 is 22.8 Å². The molecule has 18 heavy (non-hydrogen) atoms. The van der Waals surface area contributed by atoms with Gasteiger partial charge in [-0.05, 0) is 12.1 Å². The van der Waals surface area contributed by atoms with Crippen molar-refractivity contribution in [1.29, 1.82) is 0 Å². The molecule has 1 aromatic rings. The van der Waals surface area contributed by atoms with Crippen LogP contribution in [0.3, 0.4) is 0 Å². The van der Waals surface area contributed by atoms with Gasteiger partial charge in [0, 0.05) is 6.54 Å². The highest BCUT2D eigenvalue weighted by Crippen LogP contribution is 2.19. The highest BCUT2D eigenvalue weighted by molar-refractivity contribution is 6.39. The Labute approximate surface area is 100 Å². The van der Waals surface area contributed by atoms with Crippen molar-refractivity contribution in [3.63, 3.8) is 0 Å². The molecule has 0 saturated heterocycles. The number of halogens is 3. The summed E-state index contributed by atoms with van der Waals surface area (Å²) in [6, 6.07) is 1.45. The van der Waals surface area contributed by atoms with Crippen LogP contribution in [0, 0.1) is 17.5 Å². The number of carbonyl (C=O) groups excluding carboxylic acids is 2. The number of anilines is 1. The second-order valence-corrected chi connectivity index (χ2v) is 3.18. The van der Waals surface area contributed by atoms with Crippen molar-refractivity contribution in [2.45, 2.75) is 0 Å². The summed E-state index contributed by atoms with van der Waals surface area (Å²) < 4.78 is 38.6. The molecule has 2 amide bonds. The first-order valence-corrected chi connectivity index (χ1v) is 4.81. The molecule has 7 heteroatoms. The summed E-state index contributed by atoms with van der Waals surface area (Å²) in [5, 5.41) is 3.96. The SMILES string of the molecule is C=CCNC(=O)C(=O)Nc1ccc(F)c(F)c1F. The number of nitrogens with one attached hydrogen (secondary N) is 2. The van der Waals surface area contributed by atoms with E-state index in [2.05, 4.69) is 11.9 Å². The van der Waals surface area contributed by atoms with Crippen molar-refractivity contribution in [3.8, 4) is 0 Å². The van der Waals surface area contributed by atoms with Gasteiger partial charge in [-0.15, -0.1) is 6.58 Å².